The van der Waals surface area contributed by atoms with Crippen molar-refractivity contribution in [3.8, 4) is 5.75 Å². The van der Waals surface area contributed by atoms with Crippen LogP contribution in [-0.2, 0) is 15.5 Å². The predicted molar refractivity (Wildman–Crippen MR) is 154 cm³/mol. The van der Waals surface area contributed by atoms with Crippen LogP contribution in [0.4, 0.5) is 5.69 Å². The van der Waals surface area contributed by atoms with Gasteiger partial charge in [-0.2, -0.15) is 0 Å². The van der Waals surface area contributed by atoms with Gasteiger partial charge in [-0.3, -0.25) is 14.6 Å². The molecule has 0 spiro atoms. The third-order valence-electron chi connectivity index (χ3n) is 7.10. The molecule has 0 aromatic heterocycles. The van der Waals surface area contributed by atoms with Gasteiger partial charge in [0.05, 0.1) is 11.5 Å². The SMILES string of the molecule is CP(=O)(OCCCCc1ccc2c3cccc4cccc(c5cccc1c52)c43)Oc1ccc([N+](=O)[O-])cc1. The molecule has 0 fully saturated rings. The Balaban J connectivity index is 1.16. The maximum absolute atomic E-state index is 12.7. The molecule has 7 heteroatoms. The number of aryl methyl sites for hydroxylation is 1. The van der Waals surface area contributed by atoms with Crippen LogP contribution in [0.15, 0.2) is 91.0 Å². The van der Waals surface area contributed by atoms with E-state index >= 15 is 0 Å². The largest absolute Gasteiger partial charge is 0.425 e. The zero-order valence-electron chi connectivity index (χ0n) is 20.9. The lowest BCUT2D eigenvalue weighted by atomic mass is 9.87. The number of nitrogens with zero attached hydrogens (tertiary/aromatic N) is 1. The van der Waals surface area contributed by atoms with Gasteiger partial charge in [-0.1, -0.05) is 66.7 Å². The fourth-order valence-corrected chi connectivity index (χ4v) is 6.44. The fourth-order valence-electron chi connectivity index (χ4n) is 5.42. The summed E-state index contributed by atoms with van der Waals surface area (Å²) in [5, 5.41) is 21.1. The Morgan fingerprint density at radius 1 is 0.737 bits per heavy atom. The highest BCUT2D eigenvalue weighted by molar-refractivity contribution is 7.53. The maximum Gasteiger partial charge on any atom is 0.376 e. The molecule has 1 unspecified atom stereocenters. The summed E-state index contributed by atoms with van der Waals surface area (Å²) in [6.45, 7) is 1.72. The molecule has 0 aliphatic carbocycles. The molecule has 0 N–H and O–H groups in total. The van der Waals surface area contributed by atoms with E-state index in [2.05, 4.69) is 66.7 Å². The van der Waals surface area contributed by atoms with E-state index in [4.69, 9.17) is 9.05 Å². The molecule has 0 aliphatic heterocycles. The molecule has 6 nitrogen and oxygen atoms in total. The van der Waals surface area contributed by atoms with Crippen LogP contribution in [0.1, 0.15) is 18.4 Å². The van der Waals surface area contributed by atoms with Crippen molar-refractivity contribution >= 4 is 56.4 Å². The number of hydrogen-bond acceptors (Lipinski definition) is 5. The van der Waals surface area contributed by atoms with Crippen LogP contribution < -0.4 is 4.52 Å². The van der Waals surface area contributed by atoms with Gasteiger partial charge in [0, 0.05) is 18.8 Å². The van der Waals surface area contributed by atoms with E-state index in [1.54, 1.807) is 0 Å². The molecule has 6 aromatic carbocycles. The Morgan fingerprint density at radius 3 is 2.03 bits per heavy atom. The normalized spacial score (nSPS) is 13.4. The lowest BCUT2D eigenvalue weighted by molar-refractivity contribution is -0.384. The summed E-state index contributed by atoms with van der Waals surface area (Å²) in [6, 6.07) is 29.6. The number of benzene rings is 6. The van der Waals surface area contributed by atoms with Crippen molar-refractivity contribution in [2.75, 3.05) is 13.3 Å². The van der Waals surface area contributed by atoms with Crippen molar-refractivity contribution in [3.05, 3.63) is 107 Å². The average Bonchev–Trinajstić information content (AvgIpc) is 2.92. The topological polar surface area (TPSA) is 78.7 Å². The summed E-state index contributed by atoms with van der Waals surface area (Å²) in [6.07, 6.45) is 2.49. The van der Waals surface area contributed by atoms with Crippen molar-refractivity contribution in [1.29, 1.82) is 0 Å². The van der Waals surface area contributed by atoms with Crippen molar-refractivity contribution in [2.24, 2.45) is 0 Å². The van der Waals surface area contributed by atoms with Gasteiger partial charge in [0.25, 0.3) is 5.69 Å². The smallest absolute Gasteiger partial charge is 0.376 e. The first kappa shape index (κ1) is 24.4. The molecule has 0 heterocycles. The minimum absolute atomic E-state index is 0.0517. The number of unbranched alkanes of at least 4 members (excludes halogenated alkanes) is 1. The van der Waals surface area contributed by atoms with E-state index in [0.717, 1.165) is 19.3 Å². The molecule has 0 aliphatic rings. The van der Waals surface area contributed by atoms with Gasteiger partial charge in [0.15, 0.2) is 0 Å². The Kier molecular flexibility index (Phi) is 6.22. The number of rotatable bonds is 9. The van der Waals surface area contributed by atoms with Crippen LogP contribution in [0.2, 0.25) is 0 Å². The fraction of sp³-hybridized carbons (Fsp3) is 0.161. The van der Waals surface area contributed by atoms with E-state index in [0.29, 0.717) is 6.61 Å². The van der Waals surface area contributed by atoms with Gasteiger partial charge in [-0.05, 0) is 80.0 Å². The van der Waals surface area contributed by atoms with Crippen LogP contribution in [0.3, 0.4) is 0 Å². The Labute approximate surface area is 219 Å². The monoisotopic (exact) mass is 523 g/mol. The molecule has 0 saturated heterocycles. The van der Waals surface area contributed by atoms with Gasteiger partial charge in [-0.15, -0.1) is 0 Å². The summed E-state index contributed by atoms with van der Waals surface area (Å²) in [7, 11) is -3.34. The number of fused-ring (bicyclic) bond motifs is 2. The molecular formula is C31H26NO5P. The molecule has 0 saturated carbocycles. The summed E-state index contributed by atoms with van der Waals surface area (Å²) in [5.41, 5.74) is 1.24. The third-order valence-corrected chi connectivity index (χ3v) is 8.30. The van der Waals surface area contributed by atoms with Gasteiger partial charge in [-0.25, -0.2) is 4.57 Å². The van der Waals surface area contributed by atoms with Gasteiger partial charge in [0.2, 0.25) is 0 Å². The van der Waals surface area contributed by atoms with Crippen molar-refractivity contribution in [2.45, 2.75) is 19.3 Å². The van der Waals surface area contributed by atoms with Crippen LogP contribution in [0, 0.1) is 10.1 Å². The van der Waals surface area contributed by atoms with Crippen LogP contribution in [0.25, 0.3) is 43.1 Å². The quantitative estimate of drug-likeness (QED) is 0.0472. The molecule has 6 rings (SSSR count). The van der Waals surface area contributed by atoms with Gasteiger partial charge >= 0.3 is 7.60 Å². The molecule has 0 radical (unpaired) electrons. The zero-order valence-corrected chi connectivity index (χ0v) is 21.8. The van der Waals surface area contributed by atoms with Crippen LogP contribution in [0.5, 0.6) is 5.75 Å². The summed E-state index contributed by atoms with van der Waals surface area (Å²) < 4.78 is 23.8. The van der Waals surface area contributed by atoms with Crippen LogP contribution in [-0.4, -0.2) is 18.2 Å². The molecule has 38 heavy (non-hydrogen) atoms. The van der Waals surface area contributed by atoms with E-state index in [1.165, 1.54) is 79.6 Å². The second-order valence-electron chi connectivity index (χ2n) is 9.61. The summed E-state index contributed by atoms with van der Waals surface area (Å²) >= 11 is 0. The Morgan fingerprint density at radius 2 is 1.34 bits per heavy atom. The minimum Gasteiger partial charge on any atom is -0.425 e. The van der Waals surface area contributed by atoms with Crippen LogP contribution >= 0.6 is 7.60 Å². The lowest BCUT2D eigenvalue weighted by Gasteiger charge is -2.17. The number of hydrogen-bond donors (Lipinski definition) is 0. The minimum atomic E-state index is -3.34. The summed E-state index contributed by atoms with van der Waals surface area (Å²) in [4.78, 5) is 10.3. The van der Waals surface area contributed by atoms with Gasteiger partial charge < -0.3 is 4.52 Å². The van der Waals surface area contributed by atoms with Crippen molar-refractivity contribution < 1.29 is 18.5 Å². The second kappa shape index (κ2) is 9.71. The van der Waals surface area contributed by atoms with E-state index < -0.39 is 12.5 Å². The summed E-state index contributed by atoms with van der Waals surface area (Å²) in [5.74, 6) is 0.280. The molecule has 6 aromatic rings. The zero-order chi connectivity index (χ0) is 26.3. The molecule has 0 amide bonds. The van der Waals surface area contributed by atoms with Crippen molar-refractivity contribution in [1.82, 2.24) is 0 Å². The molecule has 190 valence electrons. The number of non-ortho nitro benzene ring substituents is 1. The van der Waals surface area contributed by atoms with E-state index in [1.807, 2.05) is 0 Å². The highest BCUT2D eigenvalue weighted by Gasteiger charge is 2.19. The average molecular weight is 524 g/mol. The van der Waals surface area contributed by atoms with Gasteiger partial charge in [0.1, 0.15) is 5.75 Å². The van der Waals surface area contributed by atoms with E-state index in [9.17, 15) is 14.7 Å². The molecule has 1 atom stereocenters. The number of nitro groups is 1. The Hall–Kier alpha value is -3.99. The van der Waals surface area contributed by atoms with E-state index in [-0.39, 0.29) is 11.4 Å². The number of nitro benzene ring substituents is 1. The first-order valence-corrected chi connectivity index (χ1v) is 14.6. The second-order valence-corrected chi connectivity index (χ2v) is 11.6. The Bertz CT molecular complexity index is 1800. The first-order chi connectivity index (χ1) is 18.4. The highest BCUT2D eigenvalue weighted by atomic mass is 31.2. The molecule has 0 bridgehead atoms. The first-order valence-electron chi connectivity index (χ1n) is 12.6. The molecular weight excluding hydrogens is 497 g/mol. The maximum atomic E-state index is 12.7. The standard InChI is InChI=1S/C31H26NO5P/c1-38(35,37-24-17-15-23(16-18-24)32(33)34)36-20-3-2-7-21-14-19-29-27-12-5-9-22-8-4-11-26(30(22)27)28-13-6-10-25(21)31(28)29/h4-6,8-19H,2-3,7,20H2,1H3. The highest BCUT2D eigenvalue weighted by Crippen LogP contribution is 2.45. The predicted octanol–water partition coefficient (Wildman–Crippen LogP) is 8.89. The van der Waals surface area contributed by atoms with Crippen molar-refractivity contribution in [3.63, 3.8) is 0 Å². The lowest BCUT2D eigenvalue weighted by Crippen LogP contribution is -2.00. The third kappa shape index (κ3) is 4.47.